The summed E-state index contributed by atoms with van der Waals surface area (Å²) in [7, 11) is -3.84. The van der Waals surface area contributed by atoms with Gasteiger partial charge in [0.15, 0.2) is 10.8 Å². The van der Waals surface area contributed by atoms with Crippen molar-refractivity contribution in [3.05, 3.63) is 52.5 Å². The number of sulfonamides is 1. The number of nitrogens with zero attached hydrogens (tertiary/aromatic N) is 3. The summed E-state index contributed by atoms with van der Waals surface area (Å²) >= 11 is 8.48. The molecule has 28 heavy (non-hydrogen) atoms. The zero-order chi connectivity index (χ0) is 20.6. The van der Waals surface area contributed by atoms with E-state index in [1.165, 1.54) is 29.3 Å². The van der Waals surface area contributed by atoms with Gasteiger partial charge in [0.25, 0.3) is 5.91 Å². The molecule has 1 amide bonds. The number of hydrazone groups is 1. The molecule has 0 atom stereocenters. The maximum atomic E-state index is 12.9. The fraction of sp³-hybridized carbons (Fsp3) is 0.118. The van der Waals surface area contributed by atoms with Gasteiger partial charge in [0.2, 0.25) is 10.0 Å². The number of carbonyl (C=O) groups is 1. The van der Waals surface area contributed by atoms with Gasteiger partial charge >= 0.3 is 0 Å². The van der Waals surface area contributed by atoms with Gasteiger partial charge in [0, 0.05) is 16.6 Å². The van der Waals surface area contributed by atoms with Crippen LogP contribution in [-0.2, 0) is 14.8 Å². The zero-order valence-electron chi connectivity index (χ0n) is 14.7. The predicted octanol–water partition coefficient (Wildman–Crippen LogP) is 1.92. The van der Waals surface area contributed by atoms with E-state index in [4.69, 9.17) is 23.1 Å². The van der Waals surface area contributed by atoms with Crippen LogP contribution in [0.15, 0.2) is 56.9 Å². The van der Waals surface area contributed by atoms with Gasteiger partial charge in [-0.25, -0.2) is 18.6 Å². The Morgan fingerprint density at radius 3 is 2.43 bits per heavy atom. The summed E-state index contributed by atoms with van der Waals surface area (Å²) in [5, 5.41) is 10.6. The van der Waals surface area contributed by atoms with E-state index in [0.29, 0.717) is 17.8 Å². The first-order chi connectivity index (χ1) is 13.1. The van der Waals surface area contributed by atoms with E-state index in [-0.39, 0.29) is 21.6 Å². The van der Waals surface area contributed by atoms with E-state index in [2.05, 4.69) is 21.0 Å². The molecule has 2 aromatic rings. The second-order valence-corrected chi connectivity index (χ2v) is 8.74. The summed E-state index contributed by atoms with van der Waals surface area (Å²) in [6.45, 7) is 2.33. The molecular formula is C17H16BrN5O3S2. The van der Waals surface area contributed by atoms with E-state index < -0.39 is 10.0 Å². The van der Waals surface area contributed by atoms with Crippen molar-refractivity contribution < 1.29 is 13.2 Å². The number of likely N-dealkylation sites (N-methyl/N-ethyl adjacent to an activating group) is 1. The van der Waals surface area contributed by atoms with Gasteiger partial charge in [0.1, 0.15) is 0 Å². The zero-order valence-corrected chi connectivity index (χ0v) is 17.9. The molecule has 0 saturated carbocycles. The third-order valence-electron chi connectivity index (χ3n) is 4.09. The molecule has 0 unspecified atom stereocenters. The standard InChI is InChI=1S/C17H16BrN5O3S2/c1-2-22-14-9-10(18)3-8-13(14)15(16(22)24)21-23(17(19)27)11-4-6-12(7-5-11)28(20,25)26/h3-9H,2H2,1H3,(H2,19,27)(H2,20,25,26)/b21-15-. The SMILES string of the molecule is CCN1C(=O)/C(=N\N(C(N)=S)c2ccc(S(N)(=O)=O)cc2)c2ccc(Br)cc21. The van der Waals surface area contributed by atoms with Gasteiger partial charge in [-0.1, -0.05) is 15.9 Å². The Morgan fingerprint density at radius 1 is 1.25 bits per heavy atom. The summed E-state index contributed by atoms with van der Waals surface area (Å²) < 4.78 is 23.7. The van der Waals surface area contributed by atoms with Crippen molar-refractivity contribution in [2.75, 3.05) is 16.5 Å². The molecule has 0 fully saturated rings. The third-order valence-corrected chi connectivity index (χ3v) is 5.68. The van der Waals surface area contributed by atoms with Gasteiger partial charge < -0.3 is 10.6 Å². The Hall–Kier alpha value is -2.34. The number of fused-ring (bicyclic) bond motifs is 1. The minimum atomic E-state index is -3.84. The van der Waals surface area contributed by atoms with Crippen molar-refractivity contribution in [2.24, 2.45) is 16.0 Å². The molecule has 4 N–H and O–H groups in total. The van der Waals surface area contributed by atoms with Crippen LogP contribution >= 0.6 is 28.1 Å². The van der Waals surface area contributed by atoms with Gasteiger partial charge in [-0.15, -0.1) is 0 Å². The molecular weight excluding hydrogens is 466 g/mol. The number of carbonyl (C=O) groups excluding carboxylic acids is 1. The third kappa shape index (κ3) is 3.78. The summed E-state index contributed by atoms with van der Waals surface area (Å²) in [5.41, 5.74) is 7.77. The molecule has 0 bridgehead atoms. The molecule has 1 heterocycles. The van der Waals surface area contributed by atoms with Crippen molar-refractivity contribution in [2.45, 2.75) is 11.8 Å². The Balaban J connectivity index is 2.09. The first-order valence-corrected chi connectivity index (χ1v) is 10.8. The van der Waals surface area contributed by atoms with Crippen LogP contribution in [0.3, 0.4) is 0 Å². The van der Waals surface area contributed by atoms with Crippen LogP contribution in [-0.4, -0.2) is 31.7 Å². The molecule has 0 aromatic heterocycles. The van der Waals surface area contributed by atoms with Crippen molar-refractivity contribution in [1.82, 2.24) is 0 Å². The molecule has 0 radical (unpaired) electrons. The monoisotopic (exact) mass is 481 g/mol. The Bertz CT molecular complexity index is 1100. The summed E-state index contributed by atoms with van der Waals surface area (Å²) in [4.78, 5) is 14.4. The largest absolute Gasteiger partial charge is 0.374 e. The van der Waals surface area contributed by atoms with Crippen LogP contribution < -0.4 is 20.8 Å². The maximum absolute atomic E-state index is 12.9. The van der Waals surface area contributed by atoms with Crippen LogP contribution in [0, 0.1) is 0 Å². The lowest BCUT2D eigenvalue weighted by Gasteiger charge is -2.18. The van der Waals surface area contributed by atoms with Crippen LogP contribution in [0.2, 0.25) is 0 Å². The smallest absolute Gasteiger partial charge is 0.279 e. The molecule has 146 valence electrons. The number of benzene rings is 2. The summed E-state index contributed by atoms with van der Waals surface area (Å²) in [6, 6.07) is 11.0. The topological polar surface area (TPSA) is 122 Å². The summed E-state index contributed by atoms with van der Waals surface area (Å²) in [5.74, 6) is -0.280. The number of primary sulfonamides is 1. The van der Waals surface area contributed by atoms with Crippen molar-refractivity contribution in [1.29, 1.82) is 0 Å². The first kappa shape index (κ1) is 20.4. The van der Waals surface area contributed by atoms with E-state index in [1.54, 1.807) is 11.0 Å². The van der Waals surface area contributed by atoms with Crippen molar-refractivity contribution in [3.8, 4) is 0 Å². The second-order valence-electron chi connectivity index (χ2n) is 5.85. The number of hydrogen-bond donors (Lipinski definition) is 2. The fourth-order valence-electron chi connectivity index (χ4n) is 2.80. The molecule has 11 heteroatoms. The minimum absolute atomic E-state index is 0.0592. The Morgan fingerprint density at radius 2 is 1.89 bits per heavy atom. The molecule has 0 aliphatic carbocycles. The van der Waals surface area contributed by atoms with Crippen molar-refractivity contribution >= 4 is 66.3 Å². The number of rotatable bonds is 4. The van der Waals surface area contributed by atoms with Crippen LogP contribution in [0.4, 0.5) is 11.4 Å². The van der Waals surface area contributed by atoms with Gasteiger partial charge in [-0.2, -0.15) is 5.10 Å². The van der Waals surface area contributed by atoms with Gasteiger partial charge in [-0.05, 0) is 61.6 Å². The van der Waals surface area contributed by atoms with Crippen LogP contribution in [0.1, 0.15) is 12.5 Å². The molecule has 2 aromatic carbocycles. The predicted molar refractivity (Wildman–Crippen MR) is 116 cm³/mol. The highest BCUT2D eigenvalue weighted by atomic mass is 79.9. The van der Waals surface area contributed by atoms with Crippen molar-refractivity contribution in [3.63, 3.8) is 0 Å². The Kier molecular flexibility index (Phi) is 5.53. The Labute approximate surface area is 176 Å². The quantitative estimate of drug-likeness (QED) is 0.507. The van der Waals surface area contributed by atoms with E-state index >= 15 is 0 Å². The highest BCUT2D eigenvalue weighted by molar-refractivity contribution is 9.10. The number of hydrogen-bond acceptors (Lipinski definition) is 5. The molecule has 0 spiro atoms. The highest BCUT2D eigenvalue weighted by Crippen LogP contribution is 2.32. The molecule has 8 nitrogen and oxygen atoms in total. The normalized spacial score (nSPS) is 15.0. The molecule has 3 rings (SSSR count). The minimum Gasteiger partial charge on any atom is -0.374 e. The average Bonchev–Trinajstić information content (AvgIpc) is 2.88. The molecule has 1 aliphatic rings. The lowest BCUT2D eigenvalue weighted by Crippen LogP contribution is -2.35. The van der Waals surface area contributed by atoms with E-state index in [1.807, 2.05) is 19.1 Å². The number of anilines is 2. The van der Waals surface area contributed by atoms with Gasteiger partial charge in [0.05, 0.1) is 16.3 Å². The van der Waals surface area contributed by atoms with E-state index in [0.717, 1.165) is 10.2 Å². The van der Waals surface area contributed by atoms with Crippen LogP contribution in [0.5, 0.6) is 0 Å². The highest BCUT2D eigenvalue weighted by Gasteiger charge is 2.34. The average molecular weight is 482 g/mol. The van der Waals surface area contributed by atoms with E-state index in [9.17, 15) is 13.2 Å². The molecule has 1 aliphatic heterocycles. The lowest BCUT2D eigenvalue weighted by molar-refractivity contribution is -0.112. The summed E-state index contributed by atoms with van der Waals surface area (Å²) in [6.07, 6.45) is 0. The maximum Gasteiger partial charge on any atom is 0.279 e. The van der Waals surface area contributed by atoms with Crippen LogP contribution in [0.25, 0.3) is 0 Å². The fourth-order valence-corrected chi connectivity index (χ4v) is 3.81. The molecule has 0 saturated heterocycles. The van der Waals surface area contributed by atoms with Gasteiger partial charge in [-0.3, -0.25) is 4.79 Å². The second kappa shape index (κ2) is 7.59. The number of thiocarbonyl (C=S) groups is 1. The number of amides is 1. The number of nitrogens with two attached hydrogens (primary N) is 2. The lowest BCUT2D eigenvalue weighted by atomic mass is 10.1. The number of halogens is 1. The first-order valence-electron chi connectivity index (χ1n) is 8.06.